The maximum absolute atomic E-state index is 13.1. The first-order chi connectivity index (χ1) is 13.0. The van der Waals surface area contributed by atoms with Gasteiger partial charge in [-0.3, -0.25) is 9.59 Å². The number of methoxy groups -OCH3 is 1. The molecule has 3 rings (SSSR count). The molecule has 1 aliphatic heterocycles. The molecule has 1 saturated heterocycles. The lowest BCUT2D eigenvalue weighted by Gasteiger charge is -2.28. The van der Waals surface area contributed by atoms with Crippen molar-refractivity contribution in [3.63, 3.8) is 0 Å². The van der Waals surface area contributed by atoms with Crippen LogP contribution in [-0.4, -0.2) is 48.4 Å². The molecular weight excluding hydrogens is 364 g/mol. The molecule has 27 heavy (non-hydrogen) atoms. The summed E-state index contributed by atoms with van der Waals surface area (Å²) >= 11 is 6.06. The van der Waals surface area contributed by atoms with Crippen LogP contribution in [0.2, 0.25) is 5.02 Å². The number of hydrogen-bond donors (Lipinski definition) is 0. The van der Waals surface area contributed by atoms with E-state index in [1.165, 1.54) is 7.11 Å². The normalized spacial score (nSPS) is 16.3. The van der Waals surface area contributed by atoms with Crippen molar-refractivity contribution in [1.29, 1.82) is 0 Å². The minimum absolute atomic E-state index is 0.0503. The zero-order chi connectivity index (χ0) is 19.4. The van der Waals surface area contributed by atoms with Crippen LogP contribution in [0, 0.1) is 0 Å². The average molecular weight is 387 g/mol. The standard InChI is InChI=1S/C21H23ClN2O3/c1-23(14-15-7-4-3-5-8-15)21(26)18-9-6-12-24(18)20(25)17-13-16(22)10-11-19(17)27-2/h3-5,7-8,10-11,13,18H,6,9,12,14H2,1-2H3. The summed E-state index contributed by atoms with van der Waals surface area (Å²) in [7, 11) is 3.29. The number of halogens is 1. The highest BCUT2D eigenvalue weighted by atomic mass is 35.5. The molecule has 5 nitrogen and oxygen atoms in total. The van der Waals surface area contributed by atoms with Gasteiger partial charge in [0.2, 0.25) is 5.91 Å². The van der Waals surface area contributed by atoms with E-state index in [1.807, 2.05) is 30.3 Å². The second-order valence-corrected chi connectivity index (χ2v) is 7.12. The van der Waals surface area contributed by atoms with Crippen molar-refractivity contribution < 1.29 is 14.3 Å². The fourth-order valence-electron chi connectivity index (χ4n) is 3.46. The highest BCUT2D eigenvalue weighted by Gasteiger charge is 2.37. The van der Waals surface area contributed by atoms with Gasteiger partial charge < -0.3 is 14.5 Å². The molecule has 2 aromatic carbocycles. The highest BCUT2D eigenvalue weighted by Crippen LogP contribution is 2.28. The Morgan fingerprint density at radius 2 is 1.96 bits per heavy atom. The second kappa shape index (κ2) is 8.44. The fourth-order valence-corrected chi connectivity index (χ4v) is 3.63. The predicted octanol–water partition coefficient (Wildman–Crippen LogP) is 3.61. The lowest BCUT2D eigenvalue weighted by atomic mass is 10.1. The van der Waals surface area contributed by atoms with Crippen LogP contribution < -0.4 is 4.74 Å². The molecule has 0 aromatic heterocycles. The molecular formula is C21H23ClN2O3. The summed E-state index contributed by atoms with van der Waals surface area (Å²) in [4.78, 5) is 29.4. The Labute approximate surface area is 164 Å². The summed E-state index contributed by atoms with van der Waals surface area (Å²) in [5.41, 5.74) is 1.44. The Kier molecular flexibility index (Phi) is 6.01. The molecule has 0 saturated carbocycles. The Morgan fingerprint density at radius 3 is 2.67 bits per heavy atom. The smallest absolute Gasteiger partial charge is 0.258 e. The third-order valence-corrected chi connectivity index (χ3v) is 5.06. The summed E-state index contributed by atoms with van der Waals surface area (Å²) in [5.74, 6) is 0.184. The van der Waals surface area contributed by atoms with Crippen LogP contribution in [0.15, 0.2) is 48.5 Å². The number of likely N-dealkylation sites (N-methyl/N-ethyl adjacent to an activating group) is 1. The SMILES string of the molecule is COc1ccc(Cl)cc1C(=O)N1CCCC1C(=O)N(C)Cc1ccccc1. The van der Waals surface area contributed by atoms with Crippen molar-refractivity contribution >= 4 is 23.4 Å². The summed E-state index contributed by atoms with van der Waals surface area (Å²) in [5, 5.41) is 0.461. The molecule has 1 fully saturated rings. The number of amides is 2. The van der Waals surface area contributed by atoms with Gasteiger partial charge in [-0.1, -0.05) is 41.9 Å². The van der Waals surface area contributed by atoms with Gasteiger partial charge in [-0.25, -0.2) is 0 Å². The molecule has 1 atom stereocenters. The van der Waals surface area contributed by atoms with Crippen molar-refractivity contribution in [2.24, 2.45) is 0 Å². The number of likely N-dealkylation sites (tertiary alicyclic amines) is 1. The van der Waals surface area contributed by atoms with E-state index in [9.17, 15) is 9.59 Å². The quantitative estimate of drug-likeness (QED) is 0.788. The zero-order valence-electron chi connectivity index (χ0n) is 15.5. The summed E-state index contributed by atoms with van der Waals surface area (Å²) in [6, 6.07) is 14.3. The largest absolute Gasteiger partial charge is 0.496 e. The number of rotatable bonds is 5. The molecule has 0 radical (unpaired) electrons. The van der Waals surface area contributed by atoms with Gasteiger partial charge in [0.25, 0.3) is 5.91 Å². The molecule has 0 aliphatic carbocycles. The van der Waals surface area contributed by atoms with Gasteiger partial charge in [0, 0.05) is 25.2 Å². The molecule has 2 amide bonds. The number of carbonyl (C=O) groups excluding carboxylic acids is 2. The number of nitrogens with zero attached hydrogens (tertiary/aromatic N) is 2. The van der Waals surface area contributed by atoms with Crippen LogP contribution in [0.1, 0.15) is 28.8 Å². The van der Waals surface area contributed by atoms with Gasteiger partial charge in [0.1, 0.15) is 11.8 Å². The lowest BCUT2D eigenvalue weighted by molar-refractivity contribution is -0.134. The van der Waals surface area contributed by atoms with Gasteiger partial charge in [0.05, 0.1) is 12.7 Å². The van der Waals surface area contributed by atoms with E-state index in [0.29, 0.717) is 35.8 Å². The first-order valence-electron chi connectivity index (χ1n) is 8.94. The maximum atomic E-state index is 13.1. The Morgan fingerprint density at radius 1 is 1.22 bits per heavy atom. The zero-order valence-corrected chi connectivity index (χ0v) is 16.3. The van der Waals surface area contributed by atoms with E-state index in [-0.39, 0.29) is 11.8 Å². The molecule has 0 N–H and O–H groups in total. The molecule has 6 heteroatoms. The van der Waals surface area contributed by atoms with E-state index < -0.39 is 6.04 Å². The fraction of sp³-hybridized carbons (Fsp3) is 0.333. The van der Waals surface area contributed by atoms with Gasteiger partial charge in [-0.15, -0.1) is 0 Å². The van der Waals surface area contributed by atoms with Gasteiger partial charge in [-0.2, -0.15) is 0 Å². The lowest BCUT2D eigenvalue weighted by Crippen LogP contribution is -2.46. The summed E-state index contributed by atoms with van der Waals surface area (Å²) in [6.07, 6.45) is 1.46. The van der Waals surface area contributed by atoms with E-state index in [4.69, 9.17) is 16.3 Å². The second-order valence-electron chi connectivity index (χ2n) is 6.68. The minimum atomic E-state index is -0.463. The van der Waals surface area contributed by atoms with Crippen LogP contribution in [0.3, 0.4) is 0 Å². The molecule has 0 bridgehead atoms. The summed E-state index contributed by atoms with van der Waals surface area (Å²) < 4.78 is 5.30. The number of carbonyl (C=O) groups is 2. The third kappa shape index (κ3) is 4.25. The molecule has 2 aromatic rings. The Balaban J connectivity index is 1.77. The van der Waals surface area contributed by atoms with Crippen LogP contribution >= 0.6 is 11.6 Å². The maximum Gasteiger partial charge on any atom is 0.258 e. The van der Waals surface area contributed by atoms with Crippen LogP contribution in [-0.2, 0) is 11.3 Å². The molecule has 1 heterocycles. The van der Waals surface area contributed by atoms with Gasteiger partial charge in [0.15, 0.2) is 0 Å². The Bertz CT molecular complexity index is 825. The third-order valence-electron chi connectivity index (χ3n) is 4.83. The van der Waals surface area contributed by atoms with Crippen LogP contribution in [0.5, 0.6) is 5.75 Å². The molecule has 1 unspecified atom stereocenters. The monoisotopic (exact) mass is 386 g/mol. The highest BCUT2D eigenvalue weighted by molar-refractivity contribution is 6.31. The van der Waals surface area contributed by atoms with Crippen molar-refractivity contribution in [3.05, 3.63) is 64.7 Å². The van der Waals surface area contributed by atoms with Crippen LogP contribution in [0.4, 0.5) is 0 Å². The number of ether oxygens (including phenoxy) is 1. The van der Waals surface area contributed by atoms with Crippen LogP contribution in [0.25, 0.3) is 0 Å². The van der Waals surface area contributed by atoms with Crippen molar-refractivity contribution in [3.8, 4) is 5.75 Å². The first-order valence-corrected chi connectivity index (χ1v) is 9.32. The van der Waals surface area contributed by atoms with Crippen molar-refractivity contribution in [1.82, 2.24) is 9.80 Å². The van der Waals surface area contributed by atoms with E-state index in [0.717, 1.165) is 12.0 Å². The summed E-state index contributed by atoms with van der Waals surface area (Å²) in [6.45, 7) is 1.06. The van der Waals surface area contributed by atoms with Gasteiger partial charge in [-0.05, 0) is 36.6 Å². The predicted molar refractivity (Wildman–Crippen MR) is 105 cm³/mol. The minimum Gasteiger partial charge on any atom is -0.496 e. The average Bonchev–Trinajstić information content (AvgIpc) is 3.17. The first kappa shape index (κ1) is 19.2. The van der Waals surface area contributed by atoms with E-state index >= 15 is 0 Å². The van der Waals surface area contributed by atoms with Gasteiger partial charge >= 0.3 is 0 Å². The number of hydrogen-bond acceptors (Lipinski definition) is 3. The molecule has 0 spiro atoms. The topological polar surface area (TPSA) is 49.9 Å². The number of benzene rings is 2. The van der Waals surface area contributed by atoms with E-state index in [1.54, 1.807) is 35.0 Å². The van der Waals surface area contributed by atoms with E-state index in [2.05, 4.69) is 0 Å². The van der Waals surface area contributed by atoms with Crippen molar-refractivity contribution in [2.75, 3.05) is 20.7 Å². The molecule has 142 valence electrons. The molecule has 1 aliphatic rings. The Hall–Kier alpha value is -2.53. The van der Waals surface area contributed by atoms with Crippen molar-refractivity contribution in [2.45, 2.75) is 25.4 Å².